The predicted octanol–water partition coefficient (Wildman–Crippen LogP) is 2.62. The molecule has 4 heteroatoms. The van der Waals surface area contributed by atoms with E-state index in [1.54, 1.807) is 0 Å². The van der Waals surface area contributed by atoms with E-state index in [-0.39, 0.29) is 6.61 Å². The zero-order valence-electron chi connectivity index (χ0n) is 10.7. The molecule has 17 heavy (non-hydrogen) atoms. The van der Waals surface area contributed by atoms with Crippen LogP contribution in [0.4, 0.5) is 0 Å². The van der Waals surface area contributed by atoms with Crippen LogP contribution in [0, 0.1) is 0 Å². The number of rotatable bonds is 3. The second-order valence-electron chi connectivity index (χ2n) is 4.92. The van der Waals surface area contributed by atoms with Crippen LogP contribution in [0.1, 0.15) is 69.4 Å². The standard InChI is InChI=1S/C13H23N3O/c1-2-16-12(10-17)14-15-13(16)11-8-6-4-3-5-7-9-11/h11,17H,2-10H2,1H3. The first kappa shape index (κ1) is 12.6. The molecule has 1 heterocycles. The lowest BCUT2D eigenvalue weighted by atomic mass is 9.90. The molecule has 0 atom stereocenters. The molecule has 0 amide bonds. The van der Waals surface area contributed by atoms with E-state index in [4.69, 9.17) is 0 Å². The predicted molar refractivity (Wildman–Crippen MR) is 66.7 cm³/mol. The summed E-state index contributed by atoms with van der Waals surface area (Å²) < 4.78 is 2.09. The van der Waals surface area contributed by atoms with Crippen LogP contribution >= 0.6 is 0 Å². The molecule has 0 saturated heterocycles. The molecule has 0 radical (unpaired) electrons. The Bertz CT molecular complexity index is 340. The van der Waals surface area contributed by atoms with Gasteiger partial charge in [0.2, 0.25) is 0 Å². The second kappa shape index (κ2) is 6.15. The van der Waals surface area contributed by atoms with Gasteiger partial charge in [-0.3, -0.25) is 0 Å². The highest BCUT2D eigenvalue weighted by atomic mass is 16.3. The molecule has 1 aliphatic rings. The van der Waals surface area contributed by atoms with Crippen molar-refractivity contribution in [3.63, 3.8) is 0 Å². The molecule has 0 bridgehead atoms. The van der Waals surface area contributed by atoms with Crippen LogP contribution < -0.4 is 0 Å². The third-order valence-electron chi connectivity index (χ3n) is 3.78. The molecule has 4 nitrogen and oxygen atoms in total. The molecule has 1 aromatic heterocycles. The Hall–Kier alpha value is -0.900. The van der Waals surface area contributed by atoms with Crippen molar-refractivity contribution in [1.82, 2.24) is 14.8 Å². The summed E-state index contributed by atoms with van der Waals surface area (Å²) in [6.45, 7) is 2.94. The van der Waals surface area contributed by atoms with E-state index in [0.717, 1.165) is 12.4 Å². The summed E-state index contributed by atoms with van der Waals surface area (Å²) in [6, 6.07) is 0. The maximum atomic E-state index is 9.24. The van der Waals surface area contributed by atoms with Gasteiger partial charge in [0, 0.05) is 12.5 Å². The van der Waals surface area contributed by atoms with Crippen LogP contribution in [-0.4, -0.2) is 19.9 Å². The van der Waals surface area contributed by atoms with Gasteiger partial charge in [-0.2, -0.15) is 0 Å². The summed E-state index contributed by atoms with van der Waals surface area (Å²) in [4.78, 5) is 0. The Morgan fingerprint density at radius 1 is 1.12 bits per heavy atom. The summed E-state index contributed by atoms with van der Waals surface area (Å²) in [5.74, 6) is 2.35. The van der Waals surface area contributed by atoms with Gasteiger partial charge in [-0.1, -0.05) is 32.1 Å². The second-order valence-corrected chi connectivity index (χ2v) is 4.92. The lowest BCUT2D eigenvalue weighted by Crippen LogP contribution is -2.12. The molecule has 0 aliphatic heterocycles. The van der Waals surface area contributed by atoms with Crippen molar-refractivity contribution in [2.45, 2.75) is 70.9 Å². The molecule has 1 aliphatic carbocycles. The van der Waals surface area contributed by atoms with Crippen molar-refractivity contribution in [3.8, 4) is 0 Å². The zero-order valence-corrected chi connectivity index (χ0v) is 10.7. The minimum Gasteiger partial charge on any atom is -0.388 e. The van der Waals surface area contributed by atoms with Crippen molar-refractivity contribution in [2.75, 3.05) is 0 Å². The molecule has 96 valence electrons. The summed E-state index contributed by atoms with van der Waals surface area (Å²) in [5.41, 5.74) is 0. The summed E-state index contributed by atoms with van der Waals surface area (Å²) in [7, 11) is 0. The quantitative estimate of drug-likeness (QED) is 0.879. The van der Waals surface area contributed by atoms with Gasteiger partial charge < -0.3 is 9.67 Å². The van der Waals surface area contributed by atoms with E-state index in [1.165, 1.54) is 44.9 Å². The monoisotopic (exact) mass is 237 g/mol. The van der Waals surface area contributed by atoms with Gasteiger partial charge in [-0.25, -0.2) is 0 Å². The fourth-order valence-corrected chi connectivity index (χ4v) is 2.83. The van der Waals surface area contributed by atoms with Gasteiger partial charge >= 0.3 is 0 Å². The third-order valence-corrected chi connectivity index (χ3v) is 3.78. The topological polar surface area (TPSA) is 50.9 Å². The normalized spacial score (nSPS) is 18.9. The van der Waals surface area contributed by atoms with E-state index < -0.39 is 0 Å². The van der Waals surface area contributed by atoms with Crippen molar-refractivity contribution >= 4 is 0 Å². The Morgan fingerprint density at radius 3 is 2.35 bits per heavy atom. The first-order chi connectivity index (χ1) is 8.36. The van der Waals surface area contributed by atoms with Crippen molar-refractivity contribution in [1.29, 1.82) is 0 Å². The van der Waals surface area contributed by atoms with Crippen LogP contribution in [0.2, 0.25) is 0 Å². The minimum atomic E-state index is -0.00639. The Balaban J connectivity index is 2.15. The first-order valence-corrected chi connectivity index (χ1v) is 6.89. The fourth-order valence-electron chi connectivity index (χ4n) is 2.83. The summed E-state index contributed by atoms with van der Waals surface area (Å²) >= 11 is 0. The van der Waals surface area contributed by atoms with Crippen molar-refractivity contribution in [2.24, 2.45) is 0 Å². The summed E-state index contributed by atoms with van der Waals surface area (Å²) in [6.07, 6.45) is 9.14. The highest BCUT2D eigenvalue weighted by Crippen LogP contribution is 2.30. The third kappa shape index (κ3) is 2.86. The number of hydrogen-bond acceptors (Lipinski definition) is 3. The lowest BCUT2D eigenvalue weighted by Gasteiger charge is -2.19. The van der Waals surface area contributed by atoms with Crippen LogP contribution in [0.15, 0.2) is 0 Å². The zero-order chi connectivity index (χ0) is 12.1. The van der Waals surface area contributed by atoms with E-state index in [2.05, 4.69) is 21.7 Å². The number of aliphatic hydroxyl groups excluding tert-OH is 1. The Kier molecular flexibility index (Phi) is 4.54. The number of aliphatic hydroxyl groups is 1. The molecule has 0 unspecified atom stereocenters. The summed E-state index contributed by atoms with van der Waals surface area (Å²) in [5, 5.41) is 17.6. The highest BCUT2D eigenvalue weighted by molar-refractivity contribution is 5.02. The van der Waals surface area contributed by atoms with E-state index in [0.29, 0.717) is 11.7 Å². The van der Waals surface area contributed by atoms with Crippen LogP contribution in [0.5, 0.6) is 0 Å². The fraction of sp³-hybridized carbons (Fsp3) is 0.846. The van der Waals surface area contributed by atoms with E-state index >= 15 is 0 Å². The largest absolute Gasteiger partial charge is 0.388 e. The molecular formula is C13H23N3O. The van der Waals surface area contributed by atoms with Crippen LogP contribution in [-0.2, 0) is 13.2 Å². The van der Waals surface area contributed by atoms with E-state index in [1.807, 2.05) is 0 Å². The molecular weight excluding hydrogens is 214 g/mol. The lowest BCUT2D eigenvalue weighted by molar-refractivity contribution is 0.264. The Labute approximate surface area is 103 Å². The molecule has 0 spiro atoms. The molecule has 1 N–H and O–H groups in total. The maximum Gasteiger partial charge on any atom is 0.158 e. The average Bonchev–Trinajstić information content (AvgIpc) is 2.71. The smallest absolute Gasteiger partial charge is 0.158 e. The van der Waals surface area contributed by atoms with Crippen LogP contribution in [0.25, 0.3) is 0 Å². The van der Waals surface area contributed by atoms with Crippen LogP contribution in [0.3, 0.4) is 0 Å². The molecule has 1 saturated carbocycles. The molecule has 0 aromatic carbocycles. The van der Waals surface area contributed by atoms with Gasteiger partial charge in [0.05, 0.1) is 0 Å². The maximum absolute atomic E-state index is 9.24. The van der Waals surface area contributed by atoms with Gasteiger partial charge in [0.1, 0.15) is 12.4 Å². The van der Waals surface area contributed by atoms with Crippen molar-refractivity contribution < 1.29 is 5.11 Å². The average molecular weight is 237 g/mol. The number of hydrogen-bond donors (Lipinski definition) is 1. The SMILES string of the molecule is CCn1c(CO)nnc1C1CCCCCCC1. The first-order valence-electron chi connectivity index (χ1n) is 6.89. The molecule has 2 rings (SSSR count). The van der Waals surface area contributed by atoms with Crippen molar-refractivity contribution in [3.05, 3.63) is 11.6 Å². The number of nitrogens with zero attached hydrogens (tertiary/aromatic N) is 3. The van der Waals surface area contributed by atoms with E-state index in [9.17, 15) is 5.11 Å². The van der Waals surface area contributed by atoms with Gasteiger partial charge in [-0.15, -0.1) is 10.2 Å². The molecule has 1 fully saturated rings. The Morgan fingerprint density at radius 2 is 1.76 bits per heavy atom. The van der Waals surface area contributed by atoms with Gasteiger partial charge in [0.25, 0.3) is 0 Å². The number of aromatic nitrogens is 3. The minimum absolute atomic E-state index is 0.00639. The van der Waals surface area contributed by atoms with Gasteiger partial charge in [-0.05, 0) is 19.8 Å². The molecule has 1 aromatic rings. The van der Waals surface area contributed by atoms with Gasteiger partial charge in [0.15, 0.2) is 5.82 Å². The highest BCUT2D eigenvalue weighted by Gasteiger charge is 2.20.